The molecule has 0 aliphatic heterocycles. The number of carbonyl (C=O) groups is 1. The molecular formula is C14H16BrN3O. The highest BCUT2D eigenvalue weighted by molar-refractivity contribution is 9.10. The van der Waals surface area contributed by atoms with Gasteiger partial charge in [0.15, 0.2) is 5.78 Å². The van der Waals surface area contributed by atoms with Crippen LogP contribution in [0, 0.1) is 0 Å². The van der Waals surface area contributed by atoms with Crippen LogP contribution in [0.4, 0.5) is 5.69 Å². The van der Waals surface area contributed by atoms with Crippen LogP contribution in [0.5, 0.6) is 0 Å². The highest BCUT2D eigenvalue weighted by Crippen LogP contribution is 2.24. The summed E-state index contributed by atoms with van der Waals surface area (Å²) in [6.07, 6.45) is 2.09. The van der Waals surface area contributed by atoms with Gasteiger partial charge < -0.3 is 5.73 Å². The van der Waals surface area contributed by atoms with E-state index in [1.807, 2.05) is 31.2 Å². The van der Waals surface area contributed by atoms with E-state index in [4.69, 9.17) is 5.73 Å². The van der Waals surface area contributed by atoms with Gasteiger partial charge in [-0.2, -0.15) is 5.10 Å². The Morgan fingerprint density at radius 3 is 2.58 bits per heavy atom. The summed E-state index contributed by atoms with van der Waals surface area (Å²) in [7, 11) is 1.77. The van der Waals surface area contributed by atoms with Crippen molar-refractivity contribution in [3.63, 3.8) is 0 Å². The van der Waals surface area contributed by atoms with Gasteiger partial charge in [-0.15, -0.1) is 0 Å². The minimum absolute atomic E-state index is 0.0798. The lowest BCUT2D eigenvalue weighted by atomic mass is 9.94. The highest BCUT2D eigenvalue weighted by atomic mass is 79.9. The summed E-state index contributed by atoms with van der Waals surface area (Å²) in [5, 5.41) is 4.06. The van der Waals surface area contributed by atoms with Gasteiger partial charge in [-0.1, -0.05) is 19.1 Å². The van der Waals surface area contributed by atoms with Crippen LogP contribution in [0.1, 0.15) is 35.3 Å². The van der Waals surface area contributed by atoms with Gasteiger partial charge in [-0.05, 0) is 39.5 Å². The summed E-state index contributed by atoms with van der Waals surface area (Å²) in [5.74, 6) is 0.228. The smallest absolute Gasteiger partial charge is 0.182 e. The van der Waals surface area contributed by atoms with Crippen LogP contribution in [0.25, 0.3) is 0 Å². The summed E-state index contributed by atoms with van der Waals surface area (Å²) in [5.41, 5.74) is 8.12. The van der Waals surface area contributed by atoms with Gasteiger partial charge >= 0.3 is 0 Å². The zero-order valence-electron chi connectivity index (χ0n) is 10.9. The number of nitrogens with zero attached hydrogens (tertiary/aromatic N) is 2. The first-order valence-corrected chi connectivity index (χ1v) is 6.84. The molecule has 0 saturated carbocycles. The number of hydrogen-bond donors (Lipinski definition) is 1. The molecule has 0 spiro atoms. The second kappa shape index (κ2) is 5.57. The molecule has 5 heteroatoms. The molecule has 2 N–H and O–H groups in total. The van der Waals surface area contributed by atoms with Crippen LogP contribution in [0.2, 0.25) is 0 Å². The molecule has 2 aromatic rings. The number of anilines is 1. The standard InChI is InChI=1S/C14H16BrN3O/c1-9(10-3-5-11(16)6-4-10)7-13(19)14-12(15)8-17-18(14)2/h3-6,8-9H,7,16H2,1-2H3. The Bertz CT molecular complexity index is 570. The van der Waals surface area contributed by atoms with Crippen LogP contribution in [0.3, 0.4) is 0 Å². The lowest BCUT2D eigenvalue weighted by Gasteiger charge is -2.11. The van der Waals surface area contributed by atoms with Crippen molar-refractivity contribution >= 4 is 27.4 Å². The van der Waals surface area contributed by atoms with Crippen molar-refractivity contribution in [1.29, 1.82) is 0 Å². The fourth-order valence-corrected chi connectivity index (χ4v) is 2.61. The predicted octanol–water partition coefficient (Wildman–Crippen LogP) is 3.14. The van der Waals surface area contributed by atoms with Crippen LogP contribution < -0.4 is 5.73 Å². The third-order valence-electron chi connectivity index (χ3n) is 3.16. The van der Waals surface area contributed by atoms with Crippen molar-refractivity contribution in [2.75, 3.05) is 5.73 Å². The number of aryl methyl sites for hydroxylation is 1. The van der Waals surface area contributed by atoms with Gasteiger partial charge in [0.2, 0.25) is 0 Å². The summed E-state index contributed by atoms with van der Waals surface area (Å²) < 4.78 is 2.34. The summed E-state index contributed by atoms with van der Waals surface area (Å²) >= 11 is 3.35. The molecule has 0 fully saturated rings. The van der Waals surface area contributed by atoms with Crippen molar-refractivity contribution in [2.45, 2.75) is 19.3 Å². The highest BCUT2D eigenvalue weighted by Gasteiger charge is 2.18. The predicted molar refractivity (Wildman–Crippen MR) is 79.1 cm³/mol. The van der Waals surface area contributed by atoms with Gasteiger partial charge in [0, 0.05) is 19.2 Å². The van der Waals surface area contributed by atoms with Gasteiger partial charge in [-0.25, -0.2) is 0 Å². The molecule has 1 heterocycles. The number of nitrogen functional groups attached to an aromatic ring is 1. The monoisotopic (exact) mass is 321 g/mol. The van der Waals surface area contributed by atoms with E-state index in [9.17, 15) is 4.79 Å². The van der Waals surface area contributed by atoms with Crippen molar-refractivity contribution in [3.8, 4) is 0 Å². The van der Waals surface area contributed by atoms with Gasteiger partial charge in [-0.3, -0.25) is 9.48 Å². The largest absolute Gasteiger partial charge is 0.399 e. The minimum atomic E-state index is 0.0798. The number of rotatable bonds is 4. The molecule has 0 aliphatic carbocycles. The van der Waals surface area contributed by atoms with E-state index in [0.717, 1.165) is 15.7 Å². The third kappa shape index (κ3) is 3.04. The number of Topliss-reactive ketones (excluding diaryl/α,β-unsaturated/α-hetero) is 1. The molecule has 0 aliphatic rings. The Morgan fingerprint density at radius 1 is 1.42 bits per heavy atom. The Kier molecular flexibility index (Phi) is 4.04. The summed E-state index contributed by atoms with van der Waals surface area (Å²) in [4.78, 5) is 12.3. The van der Waals surface area contributed by atoms with Crippen molar-refractivity contribution in [1.82, 2.24) is 9.78 Å². The Morgan fingerprint density at radius 2 is 2.05 bits per heavy atom. The van der Waals surface area contributed by atoms with E-state index in [-0.39, 0.29) is 11.7 Å². The molecule has 0 radical (unpaired) electrons. The molecule has 1 atom stereocenters. The molecule has 1 aromatic carbocycles. The quantitative estimate of drug-likeness (QED) is 0.695. The van der Waals surface area contributed by atoms with Gasteiger partial charge in [0.1, 0.15) is 5.69 Å². The fraction of sp³-hybridized carbons (Fsp3) is 0.286. The zero-order valence-corrected chi connectivity index (χ0v) is 12.5. The molecule has 100 valence electrons. The summed E-state index contributed by atoms with van der Waals surface area (Å²) in [6, 6.07) is 7.64. The maximum Gasteiger partial charge on any atom is 0.182 e. The van der Waals surface area contributed by atoms with Crippen LogP contribution in [-0.2, 0) is 7.05 Å². The first-order valence-electron chi connectivity index (χ1n) is 6.05. The zero-order chi connectivity index (χ0) is 14.0. The van der Waals surface area contributed by atoms with Crippen LogP contribution in [0.15, 0.2) is 34.9 Å². The Hall–Kier alpha value is -1.62. The van der Waals surface area contributed by atoms with E-state index < -0.39 is 0 Å². The number of carbonyl (C=O) groups excluding carboxylic acids is 1. The molecule has 4 nitrogen and oxygen atoms in total. The maximum atomic E-state index is 12.3. The van der Waals surface area contributed by atoms with Crippen LogP contribution >= 0.6 is 15.9 Å². The van der Waals surface area contributed by atoms with E-state index in [1.165, 1.54) is 0 Å². The number of hydrogen-bond acceptors (Lipinski definition) is 3. The first-order chi connectivity index (χ1) is 8.99. The number of ketones is 1. The van der Waals surface area contributed by atoms with Crippen LogP contribution in [-0.4, -0.2) is 15.6 Å². The second-order valence-electron chi connectivity index (χ2n) is 4.66. The molecule has 2 rings (SSSR count). The molecule has 0 bridgehead atoms. The van der Waals surface area contributed by atoms with Crippen molar-refractivity contribution < 1.29 is 4.79 Å². The van der Waals surface area contributed by atoms with E-state index in [1.54, 1.807) is 17.9 Å². The minimum Gasteiger partial charge on any atom is -0.399 e. The average molecular weight is 322 g/mol. The first kappa shape index (κ1) is 13.8. The number of benzene rings is 1. The van der Waals surface area contributed by atoms with E-state index in [0.29, 0.717) is 12.1 Å². The fourth-order valence-electron chi connectivity index (χ4n) is 2.04. The number of nitrogens with two attached hydrogens (primary N) is 1. The SMILES string of the molecule is CC(CC(=O)c1c(Br)cnn1C)c1ccc(N)cc1. The molecule has 1 aromatic heterocycles. The Labute approximate surface area is 120 Å². The molecule has 1 unspecified atom stereocenters. The second-order valence-corrected chi connectivity index (χ2v) is 5.51. The summed E-state index contributed by atoms with van der Waals surface area (Å²) in [6.45, 7) is 2.04. The Balaban J connectivity index is 2.13. The maximum absolute atomic E-state index is 12.3. The molecule has 0 saturated heterocycles. The normalized spacial score (nSPS) is 12.4. The average Bonchev–Trinajstić information content (AvgIpc) is 2.69. The van der Waals surface area contributed by atoms with Gasteiger partial charge in [0.05, 0.1) is 10.7 Å². The molecule has 0 amide bonds. The van der Waals surface area contributed by atoms with Crippen molar-refractivity contribution in [2.24, 2.45) is 7.05 Å². The number of halogens is 1. The van der Waals surface area contributed by atoms with E-state index >= 15 is 0 Å². The third-order valence-corrected chi connectivity index (χ3v) is 3.74. The van der Waals surface area contributed by atoms with Gasteiger partial charge in [0.25, 0.3) is 0 Å². The number of aromatic nitrogens is 2. The lowest BCUT2D eigenvalue weighted by Crippen LogP contribution is -2.10. The lowest BCUT2D eigenvalue weighted by molar-refractivity contribution is 0.0965. The van der Waals surface area contributed by atoms with Crippen molar-refractivity contribution in [3.05, 3.63) is 46.2 Å². The molecule has 19 heavy (non-hydrogen) atoms. The molecular weight excluding hydrogens is 306 g/mol. The van der Waals surface area contributed by atoms with E-state index in [2.05, 4.69) is 21.0 Å². The topological polar surface area (TPSA) is 60.9 Å².